The van der Waals surface area contributed by atoms with Crippen LogP contribution in [0.3, 0.4) is 0 Å². The number of nitrogens with one attached hydrogen (secondary N) is 1. The van der Waals surface area contributed by atoms with Crippen molar-refractivity contribution in [2.24, 2.45) is 0 Å². The minimum absolute atomic E-state index is 0.640. The average molecular weight is 310 g/mol. The number of aromatic nitrogens is 2. The van der Waals surface area contributed by atoms with Gasteiger partial charge in [-0.2, -0.15) is 0 Å². The highest BCUT2D eigenvalue weighted by molar-refractivity contribution is 7.85. The van der Waals surface area contributed by atoms with Crippen molar-refractivity contribution in [2.75, 3.05) is 29.5 Å². The van der Waals surface area contributed by atoms with Crippen LogP contribution in [-0.4, -0.2) is 44.2 Å². The second-order valence-corrected chi connectivity index (χ2v) is 8.00. The van der Waals surface area contributed by atoms with Gasteiger partial charge in [0.15, 0.2) is 10.8 Å². The van der Waals surface area contributed by atoms with Gasteiger partial charge < -0.3 is 10.2 Å². The van der Waals surface area contributed by atoms with Gasteiger partial charge in [0.1, 0.15) is 0 Å². The molecule has 4 rings (SSSR count). The number of rotatable bonds is 4. The maximum atomic E-state index is 11.5. The zero-order chi connectivity index (χ0) is 13.5. The summed E-state index contributed by atoms with van der Waals surface area (Å²) in [6.45, 7) is 2.58. The van der Waals surface area contributed by atoms with Crippen LogP contribution in [0, 0.1) is 0 Å². The predicted molar refractivity (Wildman–Crippen MR) is 83.0 cm³/mol. The molecule has 1 aliphatic heterocycles. The van der Waals surface area contributed by atoms with Gasteiger partial charge in [0.25, 0.3) is 0 Å². The van der Waals surface area contributed by atoms with Crippen molar-refractivity contribution >= 4 is 32.9 Å². The zero-order valence-electron chi connectivity index (χ0n) is 11.2. The van der Waals surface area contributed by atoms with Crippen molar-refractivity contribution in [2.45, 2.75) is 25.4 Å². The number of hydrogen-bond acceptors (Lipinski definition) is 5. The Balaban J connectivity index is 1.63. The van der Waals surface area contributed by atoms with E-state index in [-0.39, 0.29) is 0 Å². The fourth-order valence-electron chi connectivity index (χ4n) is 2.62. The molecule has 2 aromatic rings. The lowest BCUT2D eigenvalue weighted by molar-refractivity contribution is 0.661. The van der Waals surface area contributed by atoms with Gasteiger partial charge in [-0.3, -0.25) is 8.61 Å². The van der Waals surface area contributed by atoms with Gasteiger partial charge in [-0.05, 0) is 12.8 Å². The molecule has 2 aliphatic rings. The smallest absolute Gasteiger partial charge is 0.195 e. The number of nitrogens with zero attached hydrogens (tertiary/aromatic N) is 3. The molecule has 5 nitrogen and oxygen atoms in total. The van der Waals surface area contributed by atoms with Gasteiger partial charge in [-0.15, -0.1) is 11.3 Å². The monoisotopic (exact) mass is 310 g/mol. The number of anilines is 1. The van der Waals surface area contributed by atoms with Gasteiger partial charge in [-0.25, -0.2) is 4.98 Å². The Labute approximate surface area is 124 Å². The summed E-state index contributed by atoms with van der Waals surface area (Å²) in [5.41, 5.74) is 1.25. The van der Waals surface area contributed by atoms with Gasteiger partial charge in [0.2, 0.25) is 0 Å². The highest BCUT2D eigenvalue weighted by atomic mass is 32.2. The Bertz CT molecular complexity index is 636. The Morgan fingerprint density at radius 1 is 1.40 bits per heavy atom. The van der Waals surface area contributed by atoms with Crippen LogP contribution in [0.1, 0.15) is 18.5 Å². The lowest BCUT2D eigenvalue weighted by atomic mass is 10.3. The summed E-state index contributed by atoms with van der Waals surface area (Å²) in [5, 5.41) is 5.67. The molecule has 1 saturated heterocycles. The highest BCUT2D eigenvalue weighted by Gasteiger charge is 2.25. The van der Waals surface area contributed by atoms with Crippen LogP contribution in [-0.2, 0) is 17.3 Å². The quantitative estimate of drug-likeness (QED) is 0.922. The summed E-state index contributed by atoms with van der Waals surface area (Å²) in [4.78, 5) is 8.14. The molecule has 0 bridgehead atoms. The summed E-state index contributed by atoms with van der Waals surface area (Å²) in [6, 6.07) is 0.695. The van der Waals surface area contributed by atoms with Crippen LogP contribution in [0.15, 0.2) is 11.6 Å². The first kappa shape index (κ1) is 12.8. The first-order valence-corrected chi connectivity index (χ1v) is 9.46. The standard InChI is InChI=1S/C13H18N4OS2/c18-20-7-4-16(5-8-20)12-11(9-14-10-1-2-10)17-3-6-19-13(17)15-12/h3,6,10,14H,1-2,4-5,7-9H2. The maximum absolute atomic E-state index is 11.5. The molecule has 108 valence electrons. The molecule has 0 atom stereocenters. The summed E-state index contributed by atoms with van der Waals surface area (Å²) in [6.07, 6.45) is 4.69. The summed E-state index contributed by atoms with van der Waals surface area (Å²) < 4.78 is 13.7. The van der Waals surface area contributed by atoms with Crippen molar-refractivity contribution in [3.05, 3.63) is 17.3 Å². The summed E-state index contributed by atoms with van der Waals surface area (Å²) in [7, 11) is -0.640. The van der Waals surface area contributed by atoms with Gasteiger partial charge in [0, 0.05) is 59.6 Å². The SMILES string of the molecule is O=S1CCN(c2nc3sccn3c2CNC2CC2)CC1. The summed E-state index contributed by atoms with van der Waals surface area (Å²) >= 11 is 1.67. The summed E-state index contributed by atoms with van der Waals surface area (Å²) in [5.74, 6) is 2.61. The first-order chi connectivity index (χ1) is 9.81. The van der Waals surface area contributed by atoms with Crippen molar-refractivity contribution in [3.8, 4) is 0 Å². The molecule has 2 aromatic heterocycles. The third-order valence-corrected chi connectivity index (χ3v) is 5.99. The molecule has 0 amide bonds. The molecule has 1 N–H and O–H groups in total. The number of fused-ring (bicyclic) bond motifs is 1. The van der Waals surface area contributed by atoms with E-state index in [1.54, 1.807) is 11.3 Å². The van der Waals surface area contributed by atoms with E-state index in [1.165, 1.54) is 18.5 Å². The number of thiazole rings is 1. The van der Waals surface area contributed by atoms with Gasteiger partial charge in [0.05, 0.1) is 5.69 Å². The molecule has 0 unspecified atom stereocenters. The molecule has 20 heavy (non-hydrogen) atoms. The number of hydrogen-bond donors (Lipinski definition) is 1. The van der Waals surface area contributed by atoms with Crippen LogP contribution >= 0.6 is 11.3 Å². The van der Waals surface area contributed by atoms with Crippen LogP contribution in [0.5, 0.6) is 0 Å². The van der Waals surface area contributed by atoms with E-state index in [0.717, 1.165) is 41.9 Å². The third-order valence-electron chi connectivity index (χ3n) is 3.95. The lowest BCUT2D eigenvalue weighted by Crippen LogP contribution is -2.38. The Morgan fingerprint density at radius 3 is 2.95 bits per heavy atom. The van der Waals surface area contributed by atoms with Gasteiger partial charge >= 0.3 is 0 Å². The maximum Gasteiger partial charge on any atom is 0.195 e. The first-order valence-electron chi connectivity index (χ1n) is 7.09. The molecule has 0 radical (unpaired) electrons. The number of imidazole rings is 1. The third kappa shape index (κ3) is 2.38. The lowest BCUT2D eigenvalue weighted by Gasteiger charge is -2.27. The van der Waals surface area contributed by atoms with E-state index in [4.69, 9.17) is 4.98 Å². The largest absolute Gasteiger partial charge is 0.353 e. The van der Waals surface area contributed by atoms with Crippen molar-refractivity contribution in [1.29, 1.82) is 0 Å². The molecule has 2 fully saturated rings. The molecular formula is C13H18N4OS2. The Hall–Kier alpha value is -0.920. The van der Waals surface area contributed by atoms with Crippen LogP contribution in [0.25, 0.3) is 4.96 Å². The van der Waals surface area contributed by atoms with Gasteiger partial charge in [-0.1, -0.05) is 0 Å². The second kappa shape index (κ2) is 5.13. The normalized spacial score (nSPS) is 20.9. The van der Waals surface area contributed by atoms with E-state index < -0.39 is 10.8 Å². The van der Waals surface area contributed by atoms with Crippen molar-refractivity contribution in [3.63, 3.8) is 0 Å². The van der Waals surface area contributed by atoms with Crippen LogP contribution < -0.4 is 10.2 Å². The highest BCUT2D eigenvalue weighted by Crippen LogP contribution is 2.27. The molecule has 3 heterocycles. The fraction of sp³-hybridized carbons (Fsp3) is 0.615. The van der Waals surface area contributed by atoms with Crippen molar-refractivity contribution < 1.29 is 4.21 Å². The second-order valence-electron chi connectivity index (χ2n) is 5.43. The average Bonchev–Trinajstić information content (AvgIpc) is 3.05. The van der Waals surface area contributed by atoms with Crippen LogP contribution in [0.4, 0.5) is 5.82 Å². The van der Waals surface area contributed by atoms with E-state index in [2.05, 4.69) is 26.2 Å². The van der Waals surface area contributed by atoms with Crippen molar-refractivity contribution in [1.82, 2.24) is 14.7 Å². The minimum Gasteiger partial charge on any atom is -0.353 e. The van der Waals surface area contributed by atoms with Crippen LogP contribution in [0.2, 0.25) is 0 Å². The van der Waals surface area contributed by atoms with E-state index in [0.29, 0.717) is 6.04 Å². The fourth-order valence-corrected chi connectivity index (χ4v) is 4.40. The van der Waals surface area contributed by atoms with E-state index in [1.807, 2.05) is 0 Å². The Kier molecular flexibility index (Phi) is 3.28. The topological polar surface area (TPSA) is 49.6 Å². The molecular weight excluding hydrogens is 292 g/mol. The predicted octanol–water partition coefficient (Wildman–Crippen LogP) is 1.22. The Morgan fingerprint density at radius 2 is 2.20 bits per heavy atom. The van der Waals surface area contributed by atoms with E-state index >= 15 is 0 Å². The molecule has 1 aliphatic carbocycles. The molecule has 0 spiro atoms. The van der Waals surface area contributed by atoms with E-state index in [9.17, 15) is 4.21 Å². The molecule has 1 saturated carbocycles. The molecule has 7 heteroatoms. The minimum atomic E-state index is -0.640. The molecule has 0 aromatic carbocycles. The zero-order valence-corrected chi connectivity index (χ0v) is 12.9.